The average Bonchev–Trinajstić information content (AvgIpc) is 3.09. The number of ether oxygens (including phenoxy) is 1. The van der Waals surface area contributed by atoms with Crippen LogP contribution in [0.25, 0.3) is 0 Å². The Bertz CT molecular complexity index is 1740. The fourth-order valence-electron chi connectivity index (χ4n) is 6.75. The topological polar surface area (TPSA) is 123 Å². The maximum Gasteiger partial charge on any atom is 0.280 e. The SMILES string of the molecule is Nc1c(Oc2ccc(CNCc3ccccc3)cc2)ncn(CC2(O)CCN(C(=O)[C@@H]3CCC(F)(F)C[C@H]3c3ccccc3)CC2)c1=O. The number of nitrogens with two attached hydrogens (primary N) is 1. The lowest BCUT2D eigenvalue weighted by molar-refractivity contribution is -0.145. The molecular weight excluding hydrogens is 616 g/mol. The number of nitrogens with zero attached hydrogens (tertiary/aromatic N) is 3. The van der Waals surface area contributed by atoms with Crippen molar-refractivity contribution in [2.45, 2.75) is 69.2 Å². The van der Waals surface area contributed by atoms with E-state index >= 15 is 0 Å². The van der Waals surface area contributed by atoms with Crippen LogP contribution in [-0.4, -0.2) is 50.1 Å². The molecule has 2 heterocycles. The molecule has 3 aromatic carbocycles. The van der Waals surface area contributed by atoms with Crippen LogP contribution in [0.4, 0.5) is 14.5 Å². The Morgan fingerprint density at radius 1 is 0.938 bits per heavy atom. The molecule has 2 atom stereocenters. The largest absolute Gasteiger partial charge is 0.437 e. The molecule has 1 aliphatic heterocycles. The van der Waals surface area contributed by atoms with Crippen LogP contribution < -0.4 is 21.3 Å². The molecule has 4 N–H and O–H groups in total. The van der Waals surface area contributed by atoms with Crippen molar-refractivity contribution < 1.29 is 23.4 Å². The molecular formula is C37H41F2N5O4. The normalized spacial score (nSPS) is 20.3. The third-order valence-electron chi connectivity index (χ3n) is 9.52. The standard InChI is InChI=1S/C37H41F2N5O4/c38-37(39)16-15-30(31(21-37)28-9-5-2-6-10-28)34(45)43-19-17-36(47,18-20-43)24-44-25-42-33(32(40)35(44)46)48-29-13-11-27(12-14-29)23-41-22-26-7-3-1-4-8-26/h1-14,25,30-31,41,47H,15-24,40H2/t30-,31+/m1/s1. The molecule has 0 radical (unpaired) electrons. The van der Waals surface area contributed by atoms with E-state index in [1.165, 1.54) is 16.5 Å². The first-order chi connectivity index (χ1) is 23.1. The van der Waals surface area contributed by atoms with Crippen LogP contribution in [0.5, 0.6) is 11.6 Å². The number of piperidine rings is 1. The number of hydrogen-bond donors (Lipinski definition) is 3. The van der Waals surface area contributed by atoms with Crippen LogP contribution in [-0.2, 0) is 24.4 Å². The first kappa shape index (κ1) is 33.3. The minimum Gasteiger partial charge on any atom is -0.437 e. The smallest absolute Gasteiger partial charge is 0.280 e. The number of rotatable bonds is 10. The molecule has 1 amide bonds. The molecule has 2 aliphatic rings. The second-order valence-electron chi connectivity index (χ2n) is 13.0. The fourth-order valence-corrected chi connectivity index (χ4v) is 6.75. The van der Waals surface area contributed by atoms with Crippen molar-refractivity contribution in [2.75, 3.05) is 18.8 Å². The molecule has 48 heavy (non-hydrogen) atoms. The first-order valence-electron chi connectivity index (χ1n) is 16.4. The van der Waals surface area contributed by atoms with Gasteiger partial charge in [0.05, 0.1) is 12.1 Å². The molecule has 252 valence electrons. The Balaban J connectivity index is 1.04. The third kappa shape index (κ3) is 7.91. The van der Waals surface area contributed by atoms with Gasteiger partial charge in [-0.3, -0.25) is 14.2 Å². The second-order valence-corrected chi connectivity index (χ2v) is 13.0. The Morgan fingerprint density at radius 2 is 1.56 bits per heavy atom. The van der Waals surface area contributed by atoms with E-state index in [4.69, 9.17) is 10.5 Å². The van der Waals surface area contributed by atoms with E-state index in [0.29, 0.717) is 12.3 Å². The summed E-state index contributed by atoms with van der Waals surface area (Å²) < 4.78 is 35.9. The van der Waals surface area contributed by atoms with E-state index in [1.807, 2.05) is 36.4 Å². The molecule has 1 aliphatic carbocycles. The van der Waals surface area contributed by atoms with Crippen molar-refractivity contribution in [3.63, 3.8) is 0 Å². The zero-order chi connectivity index (χ0) is 33.7. The van der Waals surface area contributed by atoms with Crippen LogP contribution in [0, 0.1) is 5.92 Å². The van der Waals surface area contributed by atoms with Gasteiger partial charge >= 0.3 is 0 Å². The lowest BCUT2D eigenvalue weighted by Gasteiger charge is -2.42. The van der Waals surface area contributed by atoms with Crippen molar-refractivity contribution in [3.05, 3.63) is 118 Å². The number of benzene rings is 3. The summed E-state index contributed by atoms with van der Waals surface area (Å²) >= 11 is 0. The van der Waals surface area contributed by atoms with E-state index in [2.05, 4.69) is 22.4 Å². The fraction of sp³-hybridized carbons (Fsp3) is 0.378. The molecule has 1 saturated heterocycles. The van der Waals surface area contributed by atoms with E-state index in [1.54, 1.807) is 41.3 Å². The zero-order valence-electron chi connectivity index (χ0n) is 26.7. The highest BCUT2D eigenvalue weighted by atomic mass is 19.3. The number of halogens is 2. The van der Waals surface area contributed by atoms with Gasteiger partial charge in [0, 0.05) is 50.9 Å². The first-order valence-corrected chi connectivity index (χ1v) is 16.4. The highest BCUT2D eigenvalue weighted by Gasteiger charge is 2.46. The Labute approximate surface area is 278 Å². The molecule has 1 aromatic heterocycles. The van der Waals surface area contributed by atoms with Crippen LogP contribution in [0.2, 0.25) is 0 Å². The lowest BCUT2D eigenvalue weighted by atomic mass is 9.73. The highest BCUT2D eigenvalue weighted by molar-refractivity contribution is 5.80. The molecule has 6 rings (SSSR count). The summed E-state index contributed by atoms with van der Waals surface area (Å²) in [6.07, 6.45) is 1.17. The summed E-state index contributed by atoms with van der Waals surface area (Å²) in [4.78, 5) is 32.7. The van der Waals surface area contributed by atoms with Gasteiger partial charge in [0.15, 0.2) is 5.69 Å². The van der Waals surface area contributed by atoms with Crippen molar-refractivity contribution in [3.8, 4) is 11.6 Å². The monoisotopic (exact) mass is 657 g/mol. The number of nitrogens with one attached hydrogen (secondary N) is 1. The lowest BCUT2D eigenvalue weighted by Crippen LogP contribution is -2.52. The van der Waals surface area contributed by atoms with Gasteiger partial charge in [-0.1, -0.05) is 72.8 Å². The average molecular weight is 658 g/mol. The number of alkyl halides is 2. The van der Waals surface area contributed by atoms with E-state index in [9.17, 15) is 23.5 Å². The molecule has 0 spiro atoms. The van der Waals surface area contributed by atoms with Gasteiger partial charge in [-0.2, -0.15) is 0 Å². The van der Waals surface area contributed by atoms with Crippen LogP contribution in [0.1, 0.15) is 54.7 Å². The Kier molecular flexibility index (Phi) is 9.88. The van der Waals surface area contributed by atoms with Crippen LogP contribution in [0.15, 0.2) is 96.1 Å². The van der Waals surface area contributed by atoms with Crippen LogP contribution in [0.3, 0.4) is 0 Å². The molecule has 11 heteroatoms. The molecule has 9 nitrogen and oxygen atoms in total. The number of aliphatic hydroxyl groups is 1. The van der Waals surface area contributed by atoms with Gasteiger partial charge in [-0.25, -0.2) is 13.8 Å². The summed E-state index contributed by atoms with van der Waals surface area (Å²) in [5, 5.41) is 14.8. The number of nitrogen functional groups attached to an aromatic ring is 1. The maximum absolute atomic E-state index is 14.4. The van der Waals surface area contributed by atoms with Gasteiger partial charge < -0.3 is 25.8 Å². The summed E-state index contributed by atoms with van der Waals surface area (Å²) in [5.74, 6) is -3.65. The molecule has 1 saturated carbocycles. The summed E-state index contributed by atoms with van der Waals surface area (Å²) in [5.41, 5.74) is 7.14. The summed E-state index contributed by atoms with van der Waals surface area (Å²) in [6, 6.07) is 26.6. The van der Waals surface area contributed by atoms with Crippen LogP contribution >= 0.6 is 0 Å². The highest BCUT2D eigenvalue weighted by Crippen LogP contribution is 2.46. The summed E-state index contributed by atoms with van der Waals surface area (Å²) in [6.45, 7) is 1.87. The molecule has 0 unspecified atom stereocenters. The number of aromatic nitrogens is 2. The van der Waals surface area contributed by atoms with Crippen molar-refractivity contribution in [2.24, 2.45) is 5.92 Å². The maximum atomic E-state index is 14.4. The predicted octanol–water partition coefficient (Wildman–Crippen LogP) is 5.48. The van der Waals surface area contributed by atoms with E-state index < -0.39 is 28.9 Å². The van der Waals surface area contributed by atoms with Gasteiger partial charge in [0.25, 0.3) is 5.56 Å². The number of anilines is 1. The number of carbonyl (C=O) groups excluding carboxylic acids is 1. The van der Waals surface area contributed by atoms with Gasteiger partial charge in [0.2, 0.25) is 17.7 Å². The number of likely N-dealkylation sites (tertiary alicyclic amines) is 1. The predicted molar refractivity (Wildman–Crippen MR) is 179 cm³/mol. The van der Waals surface area contributed by atoms with E-state index in [0.717, 1.165) is 17.7 Å². The number of hydrogen-bond acceptors (Lipinski definition) is 7. The Hall–Kier alpha value is -4.61. The van der Waals surface area contributed by atoms with Gasteiger partial charge in [0.1, 0.15) is 12.1 Å². The number of carbonyl (C=O) groups is 1. The van der Waals surface area contributed by atoms with Crippen molar-refractivity contribution >= 4 is 11.6 Å². The minimum absolute atomic E-state index is 0.0235. The van der Waals surface area contributed by atoms with E-state index in [-0.39, 0.29) is 69.2 Å². The molecule has 0 bridgehead atoms. The number of amides is 1. The van der Waals surface area contributed by atoms with Crippen molar-refractivity contribution in [1.82, 2.24) is 19.8 Å². The van der Waals surface area contributed by atoms with Gasteiger partial charge in [-0.05, 0) is 48.1 Å². The van der Waals surface area contributed by atoms with Gasteiger partial charge in [-0.15, -0.1) is 0 Å². The van der Waals surface area contributed by atoms with Crippen molar-refractivity contribution in [1.29, 1.82) is 0 Å². The third-order valence-corrected chi connectivity index (χ3v) is 9.52. The quantitative estimate of drug-likeness (QED) is 0.207. The molecule has 2 fully saturated rings. The summed E-state index contributed by atoms with van der Waals surface area (Å²) in [7, 11) is 0. The minimum atomic E-state index is -2.81. The zero-order valence-corrected chi connectivity index (χ0v) is 26.7. The second kappa shape index (κ2) is 14.2. The Morgan fingerprint density at radius 3 is 2.23 bits per heavy atom. The molecule has 4 aromatic rings.